The Morgan fingerprint density at radius 2 is 2.12 bits per heavy atom. The maximum atomic E-state index is 6.08. The lowest BCUT2D eigenvalue weighted by molar-refractivity contribution is 0.326. The summed E-state index contributed by atoms with van der Waals surface area (Å²) in [5.74, 6) is 0. The van der Waals surface area contributed by atoms with Crippen molar-refractivity contribution in [2.75, 3.05) is 0 Å². The fraction of sp³-hybridized carbons (Fsp3) is 0.538. The molecule has 1 saturated carbocycles. The lowest BCUT2D eigenvalue weighted by Gasteiger charge is -2.29. The Morgan fingerprint density at radius 1 is 1.31 bits per heavy atom. The van der Waals surface area contributed by atoms with Gasteiger partial charge in [0.05, 0.1) is 0 Å². The van der Waals surface area contributed by atoms with Gasteiger partial charge in [0.15, 0.2) is 0 Å². The average Bonchev–Trinajstić information content (AvgIpc) is 2.28. The van der Waals surface area contributed by atoms with Crippen molar-refractivity contribution in [3.8, 4) is 0 Å². The van der Waals surface area contributed by atoms with Crippen LogP contribution in [0.2, 0.25) is 5.02 Å². The SMILES string of the molecule is N[C@@H]1CCCC[C@@H]1NCc1cccc(Cl)c1. The van der Waals surface area contributed by atoms with Crippen LogP contribution in [0.25, 0.3) is 0 Å². The van der Waals surface area contributed by atoms with E-state index >= 15 is 0 Å². The van der Waals surface area contributed by atoms with Crippen molar-refractivity contribution in [3.63, 3.8) is 0 Å². The molecule has 0 spiro atoms. The van der Waals surface area contributed by atoms with Crippen LogP contribution in [0, 0.1) is 0 Å². The molecule has 3 heteroatoms. The Hall–Kier alpha value is -0.570. The van der Waals surface area contributed by atoms with Crippen molar-refractivity contribution in [2.24, 2.45) is 5.73 Å². The second-order valence-corrected chi connectivity index (χ2v) is 5.00. The first-order valence-corrected chi connectivity index (χ1v) is 6.37. The second-order valence-electron chi connectivity index (χ2n) is 4.57. The molecule has 1 fully saturated rings. The van der Waals surface area contributed by atoms with Gasteiger partial charge >= 0.3 is 0 Å². The smallest absolute Gasteiger partial charge is 0.0409 e. The van der Waals surface area contributed by atoms with Crippen LogP contribution in [0.15, 0.2) is 24.3 Å². The molecule has 0 aliphatic heterocycles. The molecule has 1 aromatic rings. The maximum absolute atomic E-state index is 6.08. The number of rotatable bonds is 3. The predicted molar refractivity (Wildman–Crippen MR) is 68.5 cm³/mol. The highest BCUT2D eigenvalue weighted by molar-refractivity contribution is 6.30. The average molecular weight is 239 g/mol. The van der Waals surface area contributed by atoms with Crippen molar-refractivity contribution in [2.45, 2.75) is 44.3 Å². The standard InChI is InChI=1S/C13H19ClN2/c14-11-5-3-4-10(8-11)9-16-13-7-2-1-6-12(13)15/h3-5,8,12-13,16H,1-2,6-7,9,15H2/t12-,13+/m1/s1. The quantitative estimate of drug-likeness (QED) is 0.850. The van der Waals surface area contributed by atoms with E-state index in [1.54, 1.807) is 0 Å². The summed E-state index contributed by atoms with van der Waals surface area (Å²) in [5.41, 5.74) is 7.31. The van der Waals surface area contributed by atoms with Crippen molar-refractivity contribution >= 4 is 11.6 Å². The van der Waals surface area contributed by atoms with Gasteiger partial charge in [0.25, 0.3) is 0 Å². The van der Waals surface area contributed by atoms with Crippen LogP contribution in [0.4, 0.5) is 0 Å². The molecular formula is C13H19ClN2. The van der Waals surface area contributed by atoms with Gasteiger partial charge in [-0.3, -0.25) is 0 Å². The summed E-state index contributed by atoms with van der Waals surface area (Å²) in [6.07, 6.45) is 4.91. The van der Waals surface area contributed by atoms with Crippen LogP contribution in [0.5, 0.6) is 0 Å². The molecule has 1 aromatic carbocycles. The van der Waals surface area contributed by atoms with E-state index in [2.05, 4.69) is 11.4 Å². The summed E-state index contributed by atoms with van der Waals surface area (Å²) in [6, 6.07) is 8.76. The lowest BCUT2D eigenvalue weighted by atomic mass is 9.91. The van der Waals surface area contributed by atoms with Gasteiger partial charge in [-0.15, -0.1) is 0 Å². The summed E-state index contributed by atoms with van der Waals surface area (Å²) in [5, 5.41) is 4.33. The van der Waals surface area contributed by atoms with Crippen molar-refractivity contribution < 1.29 is 0 Å². The van der Waals surface area contributed by atoms with Crippen molar-refractivity contribution in [3.05, 3.63) is 34.9 Å². The first-order valence-electron chi connectivity index (χ1n) is 5.99. The molecule has 0 bridgehead atoms. The van der Waals surface area contributed by atoms with E-state index in [-0.39, 0.29) is 0 Å². The molecule has 0 aromatic heterocycles. The first-order chi connectivity index (χ1) is 7.75. The van der Waals surface area contributed by atoms with Gasteiger partial charge in [0, 0.05) is 23.7 Å². The number of halogens is 1. The monoisotopic (exact) mass is 238 g/mol. The molecule has 0 unspecified atom stereocenters. The molecule has 0 heterocycles. The zero-order valence-corrected chi connectivity index (χ0v) is 10.2. The Bertz CT molecular complexity index is 340. The van der Waals surface area contributed by atoms with Crippen LogP contribution in [0.3, 0.4) is 0 Å². The third-order valence-corrected chi connectivity index (χ3v) is 3.51. The molecule has 1 aliphatic rings. The number of nitrogens with one attached hydrogen (secondary N) is 1. The number of nitrogens with two attached hydrogens (primary N) is 1. The molecule has 2 nitrogen and oxygen atoms in total. The molecule has 2 atom stereocenters. The van der Waals surface area contributed by atoms with Crippen LogP contribution in [-0.4, -0.2) is 12.1 Å². The first kappa shape index (κ1) is 11.9. The van der Waals surface area contributed by atoms with Crippen LogP contribution >= 0.6 is 11.6 Å². The largest absolute Gasteiger partial charge is 0.326 e. The van der Waals surface area contributed by atoms with E-state index in [9.17, 15) is 0 Å². The van der Waals surface area contributed by atoms with Gasteiger partial charge in [0.2, 0.25) is 0 Å². The molecule has 88 valence electrons. The molecule has 3 N–H and O–H groups in total. The summed E-state index contributed by atoms with van der Waals surface area (Å²) >= 11 is 5.94. The van der Waals surface area contributed by atoms with E-state index in [4.69, 9.17) is 17.3 Å². The minimum Gasteiger partial charge on any atom is -0.326 e. The minimum atomic E-state index is 0.313. The molecule has 2 rings (SSSR count). The fourth-order valence-corrected chi connectivity index (χ4v) is 2.52. The Morgan fingerprint density at radius 3 is 2.88 bits per heavy atom. The molecule has 0 saturated heterocycles. The molecule has 0 radical (unpaired) electrons. The van der Waals surface area contributed by atoms with E-state index in [1.165, 1.54) is 24.8 Å². The van der Waals surface area contributed by atoms with Gasteiger partial charge in [-0.25, -0.2) is 0 Å². The van der Waals surface area contributed by atoms with E-state index in [0.717, 1.165) is 18.0 Å². The van der Waals surface area contributed by atoms with Gasteiger partial charge in [-0.05, 0) is 30.5 Å². The highest BCUT2D eigenvalue weighted by Gasteiger charge is 2.20. The van der Waals surface area contributed by atoms with Crippen molar-refractivity contribution in [1.82, 2.24) is 5.32 Å². The summed E-state index contributed by atoms with van der Waals surface area (Å²) in [7, 11) is 0. The zero-order valence-electron chi connectivity index (χ0n) is 9.45. The van der Waals surface area contributed by atoms with Gasteiger partial charge in [-0.1, -0.05) is 36.6 Å². The fourth-order valence-electron chi connectivity index (χ4n) is 2.31. The molecule has 1 aliphatic carbocycles. The van der Waals surface area contributed by atoms with E-state index < -0.39 is 0 Å². The summed E-state index contributed by atoms with van der Waals surface area (Å²) in [6.45, 7) is 0.860. The van der Waals surface area contributed by atoms with Crippen LogP contribution < -0.4 is 11.1 Å². The Labute approximate surface area is 102 Å². The highest BCUT2D eigenvalue weighted by atomic mass is 35.5. The Balaban J connectivity index is 1.86. The predicted octanol–water partition coefficient (Wildman–Crippen LogP) is 2.70. The minimum absolute atomic E-state index is 0.313. The topological polar surface area (TPSA) is 38.0 Å². The lowest BCUT2D eigenvalue weighted by Crippen LogP contribution is -2.46. The third-order valence-electron chi connectivity index (χ3n) is 3.28. The zero-order chi connectivity index (χ0) is 11.4. The highest BCUT2D eigenvalue weighted by Crippen LogP contribution is 2.17. The maximum Gasteiger partial charge on any atom is 0.0409 e. The number of hydrogen-bond donors (Lipinski definition) is 2. The van der Waals surface area contributed by atoms with Crippen LogP contribution in [0.1, 0.15) is 31.2 Å². The normalized spacial score (nSPS) is 25.6. The van der Waals surface area contributed by atoms with Gasteiger partial charge in [0.1, 0.15) is 0 Å². The molecule has 0 amide bonds. The van der Waals surface area contributed by atoms with E-state index in [0.29, 0.717) is 12.1 Å². The van der Waals surface area contributed by atoms with E-state index in [1.807, 2.05) is 18.2 Å². The second kappa shape index (κ2) is 5.67. The summed E-state index contributed by atoms with van der Waals surface area (Å²) < 4.78 is 0. The molecule has 16 heavy (non-hydrogen) atoms. The number of benzene rings is 1. The Kier molecular flexibility index (Phi) is 4.22. The summed E-state index contributed by atoms with van der Waals surface area (Å²) in [4.78, 5) is 0. The van der Waals surface area contributed by atoms with Crippen LogP contribution in [-0.2, 0) is 6.54 Å². The van der Waals surface area contributed by atoms with Crippen molar-refractivity contribution in [1.29, 1.82) is 0 Å². The van der Waals surface area contributed by atoms with Gasteiger partial charge in [-0.2, -0.15) is 0 Å². The third kappa shape index (κ3) is 3.21. The van der Waals surface area contributed by atoms with Gasteiger partial charge < -0.3 is 11.1 Å². The molecular weight excluding hydrogens is 220 g/mol. The number of hydrogen-bond acceptors (Lipinski definition) is 2.